The lowest BCUT2D eigenvalue weighted by molar-refractivity contribution is -0.164. The van der Waals surface area contributed by atoms with Crippen molar-refractivity contribution in [1.82, 2.24) is 0 Å². The summed E-state index contributed by atoms with van der Waals surface area (Å²) in [7, 11) is 0. The Hall–Kier alpha value is 0.340. The Morgan fingerprint density at radius 2 is 1.59 bits per heavy atom. The number of carbonyl (C=O) groups excluding carboxylic acids is 1. The van der Waals surface area contributed by atoms with Gasteiger partial charge in [-0.05, 0) is 25.7 Å². The van der Waals surface area contributed by atoms with E-state index >= 15 is 0 Å². The van der Waals surface area contributed by atoms with Gasteiger partial charge in [0.1, 0.15) is 6.10 Å². The molecule has 2 unspecified atom stereocenters. The summed E-state index contributed by atoms with van der Waals surface area (Å²) in [6.07, 6.45) is 5.41. The molecule has 0 aliphatic heterocycles. The molecule has 2 aliphatic carbocycles. The van der Waals surface area contributed by atoms with Crippen LogP contribution in [0.5, 0.6) is 0 Å². The molecule has 2 fully saturated rings. The SMILES string of the molecule is CC12CCCC(C)(CC1)C2OC(=O)C(Cl)(Cl)Cl. The molecule has 2 aliphatic rings. The summed E-state index contributed by atoms with van der Waals surface area (Å²) in [4.78, 5) is 11.7. The fourth-order valence-electron chi connectivity index (χ4n) is 3.54. The van der Waals surface area contributed by atoms with Crippen LogP contribution >= 0.6 is 34.8 Å². The fourth-order valence-corrected chi connectivity index (χ4v) is 3.67. The third-order valence-electron chi connectivity index (χ3n) is 4.49. The Morgan fingerprint density at radius 3 is 2.00 bits per heavy atom. The van der Waals surface area contributed by atoms with Crippen LogP contribution in [0, 0.1) is 10.8 Å². The Kier molecular flexibility index (Phi) is 3.38. The van der Waals surface area contributed by atoms with Gasteiger partial charge in [-0.1, -0.05) is 55.1 Å². The molecule has 0 aromatic carbocycles. The summed E-state index contributed by atoms with van der Waals surface area (Å²) in [6.45, 7) is 4.35. The van der Waals surface area contributed by atoms with Crippen LogP contribution in [0.4, 0.5) is 0 Å². The standard InChI is InChI=1S/C12H17Cl3O2/c1-10-4-3-5-11(2,7-6-10)8(10)17-9(16)12(13,14)15/h8H,3-7H2,1-2H3. The molecule has 2 nitrogen and oxygen atoms in total. The molecule has 2 atom stereocenters. The second kappa shape index (κ2) is 4.18. The van der Waals surface area contributed by atoms with E-state index in [4.69, 9.17) is 39.5 Å². The summed E-state index contributed by atoms with van der Waals surface area (Å²) in [5.41, 5.74) is 0.108. The molecule has 0 heterocycles. The maximum atomic E-state index is 11.7. The smallest absolute Gasteiger partial charge is 0.358 e. The van der Waals surface area contributed by atoms with E-state index in [-0.39, 0.29) is 16.9 Å². The zero-order chi connectivity index (χ0) is 12.9. The molecule has 0 amide bonds. The van der Waals surface area contributed by atoms with Crippen molar-refractivity contribution >= 4 is 40.8 Å². The Bertz CT molecular complexity index is 321. The Morgan fingerprint density at radius 1 is 1.12 bits per heavy atom. The summed E-state index contributed by atoms with van der Waals surface area (Å²) in [5.74, 6) is -0.742. The van der Waals surface area contributed by atoms with Gasteiger partial charge in [0.05, 0.1) is 0 Å². The van der Waals surface area contributed by atoms with E-state index in [0.717, 1.165) is 25.7 Å². The Balaban J connectivity index is 2.18. The van der Waals surface area contributed by atoms with E-state index in [2.05, 4.69) is 13.8 Å². The average Bonchev–Trinajstić information content (AvgIpc) is 2.34. The molecule has 17 heavy (non-hydrogen) atoms. The van der Waals surface area contributed by atoms with Gasteiger partial charge in [-0.3, -0.25) is 0 Å². The van der Waals surface area contributed by atoms with Crippen molar-refractivity contribution in [3.63, 3.8) is 0 Å². The molecular weight excluding hydrogens is 282 g/mol. The van der Waals surface area contributed by atoms with Crippen molar-refractivity contribution in [2.24, 2.45) is 10.8 Å². The highest BCUT2D eigenvalue weighted by molar-refractivity contribution is 6.75. The number of esters is 1. The predicted molar refractivity (Wildman–Crippen MR) is 69.5 cm³/mol. The van der Waals surface area contributed by atoms with Gasteiger partial charge in [0.2, 0.25) is 0 Å². The second-order valence-electron chi connectivity index (χ2n) is 5.94. The topological polar surface area (TPSA) is 26.3 Å². The van der Waals surface area contributed by atoms with Gasteiger partial charge in [-0.2, -0.15) is 0 Å². The van der Waals surface area contributed by atoms with Gasteiger partial charge in [0.15, 0.2) is 0 Å². The third-order valence-corrected chi connectivity index (χ3v) is 4.95. The molecule has 0 aromatic heterocycles. The minimum absolute atomic E-state index is 0.0541. The van der Waals surface area contributed by atoms with Crippen LogP contribution in [0.15, 0.2) is 0 Å². The van der Waals surface area contributed by atoms with Gasteiger partial charge in [-0.25, -0.2) is 4.79 Å². The first-order chi connectivity index (χ1) is 7.67. The average molecular weight is 300 g/mol. The molecule has 2 rings (SSSR count). The van der Waals surface area contributed by atoms with Gasteiger partial charge in [0.25, 0.3) is 3.79 Å². The first-order valence-electron chi connectivity index (χ1n) is 5.95. The summed E-state index contributed by atoms with van der Waals surface area (Å²) in [6, 6.07) is 0. The largest absolute Gasteiger partial charge is 0.458 e. The van der Waals surface area contributed by atoms with Crippen molar-refractivity contribution in [3.8, 4) is 0 Å². The second-order valence-corrected chi connectivity index (χ2v) is 8.23. The summed E-state index contributed by atoms with van der Waals surface area (Å²) in [5, 5.41) is 0. The molecule has 0 radical (unpaired) electrons. The first-order valence-corrected chi connectivity index (χ1v) is 7.09. The van der Waals surface area contributed by atoms with E-state index in [1.807, 2.05) is 0 Å². The molecule has 2 bridgehead atoms. The van der Waals surface area contributed by atoms with Crippen LogP contribution in [0.2, 0.25) is 0 Å². The normalized spacial score (nSPS) is 41.4. The van der Waals surface area contributed by atoms with Crippen molar-refractivity contribution < 1.29 is 9.53 Å². The number of hydrogen-bond acceptors (Lipinski definition) is 2. The highest BCUT2D eigenvalue weighted by atomic mass is 35.6. The van der Waals surface area contributed by atoms with E-state index in [1.165, 1.54) is 6.42 Å². The van der Waals surface area contributed by atoms with E-state index in [0.29, 0.717) is 0 Å². The van der Waals surface area contributed by atoms with Crippen LogP contribution in [0.1, 0.15) is 46.0 Å². The number of ether oxygens (including phenoxy) is 1. The van der Waals surface area contributed by atoms with E-state index in [9.17, 15) is 4.79 Å². The fraction of sp³-hybridized carbons (Fsp3) is 0.917. The maximum absolute atomic E-state index is 11.7. The quantitative estimate of drug-likeness (QED) is 0.534. The lowest BCUT2D eigenvalue weighted by Gasteiger charge is -2.43. The van der Waals surface area contributed by atoms with E-state index in [1.54, 1.807) is 0 Å². The molecule has 0 spiro atoms. The number of halogens is 3. The van der Waals surface area contributed by atoms with E-state index < -0.39 is 9.76 Å². The van der Waals surface area contributed by atoms with Crippen LogP contribution in [-0.4, -0.2) is 15.9 Å². The number of rotatable bonds is 1. The molecule has 5 heteroatoms. The Labute approximate surface area is 117 Å². The number of carbonyl (C=O) groups is 1. The van der Waals surface area contributed by atoms with Crippen molar-refractivity contribution in [3.05, 3.63) is 0 Å². The minimum Gasteiger partial charge on any atom is -0.458 e. The molecular formula is C12H17Cl3O2. The van der Waals surface area contributed by atoms with Gasteiger partial charge < -0.3 is 4.74 Å². The number of alkyl halides is 3. The van der Waals surface area contributed by atoms with Gasteiger partial charge >= 0.3 is 5.97 Å². The van der Waals surface area contributed by atoms with Crippen LogP contribution in [0.25, 0.3) is 0 Å². The summed E-state index contributed by atoms with van der Waals surface area (Å²) >= 11 is 16.7. The third kappa shape index (κ3) is 2.41. The maximum Gasteiger partial charge on any atom is 0.358 e. The zero-order valence-electron chi connectivity index (χ0n) is 10.1. The molecule has 2 saturated carbocycles. The lowest BCUT2D eigenvalue weighted by atomic mass is 9.68. The molecule has 0 aromatic rings. The van der Waals surface area contributed by atoms with Crippen LogP contribution in [0.3, 0.4) is 0 Å². The lowest BCUT2D eigenvalue weighted by Crippen LogP contribution is -2.45. The van der Waals surface area contributed by atoms with Crippen LogP contribution < -0.4 is 0 Å². The number of fused-ring (bicyclic) bond motifs is 2. The highest BCUT2D eigenvalue weighted by Crippen LogP contribution is 2.59. The monoisotopic (exact) mass is 298 g/mol. The van der Waals surface area contributed by atoms with Crippen molar-refractivity contribution in [2.45, 2.75) is 55.8 Å². The van der Waals surface area contributed by atoms with Crippen molar-refractivity contribution in [1.29, 1.82) is 0 Å². The molecule has 0 N–H and O–H groups in total. The van der Waals surface area contributed by atoms with Crippen molar-refractivity contribution in [2.75, 3.05) is 0 Å². The highest BCUT2D eigenvalue weighted by Gasteiger charge is 2.57. The van der Waals surface area contributed by atoms with Gasteiger partial charge in [-0.15, -0.1) is 0 Å². The molecule has 98 valence electrons. The zero-order valence-corrected chi connectivity index (χ0v) is 12.3. The van der Waals surface area contributed by atoms with Crippen LogP contribution in [-0.2, 0) is 9.53 Å². The van der Waals surface area contributed by atoms with Gasteiger partial charge in [0, 0.05) is 10.8 Å². The minimum atomic E-state index is -1.97. The summed E-state index contributed by atoms with van der Waals surface area (Å²) < 4.78 is 3.55. The number of hydrogen-bond donors (Lipinski definition) is 0. The first kappa shape index (κ1) is 13.8. The molecule has 0 saturated heterocycles. The predicted octanol–water partition coefficient (Wildman–Crippen LogP) is 4.26.